The zero-order chi connectivity index (χ0) is 13.8. The quantitative estimate of drug-likeness (QED) is 0.487. The summed E-state index contributed by atoms with van der Waals surface area (Å²) in [6, 6.07) is -1.21. The highest BCUT2D eigenvalue weighted by atomic mass is 32.2. The Bertz CT molecular complexity index is 363. The number of hydrogen-bond acceptors (Lipinski definition) is 9. The van der Waals surface area contributed by atoms with Gasteiger partial charge in [-0.1, -0.05) is 0 Å². The van der Waals surface area contributed by atoms with Crippen LogP contribution in [-0.4, -0.2) is 41.5 Å². The summed E-state index contributed by atoms with van der Waals surface area (Å²) in [5, 5.41) is 0. The molecule has 9 heteroatoms. The molecule has 0 amide bonds. The molecule has 0 aromatic rings. The molecule has 8 nitrogen and oxygen atoms in total. The molecule has 1 aliphatic rings. The second-order valence-electron chi connectivity index (χ2n) is 3.70. The first-order valence-electron chi connectivity index (χ1n) is 5.05. The maximum Gasteiger partial charge on any atom is 0.378 e. The first-order valence-corrected chi connectivity index (χ1v) is 6.44. The molecule has 1 rings (SSSR count). The number of carbonyl (C=O) groups excluding carboxylic acids is 3. The van der Waals surface area contributed by atoms with Crippen LogP contribution in [0.15, 0.2) is 0 Å². The number of rotatable bonds is 4. The van der Waals surface area contributed by atoms with Crippen molar-refractivity contribution in [1.82, 2.24) is 5.48 Å². The van der Waals surface area contributed by atoms with Gasteiger partial charge in [-0.05, 0) is 18.4 Å². The van der Waals surface area contributed by atoms with Crippen LogP contribution in [0.3, 0.4) is 0 Å². The predicted octanol–water partition coefficient (Wildman–Crippen LogP) is -1.11. The van der Waals surface area contributed by atoms with Gasteiger partial charge in [0.25, 0.3) is 0 Å². The van der Waals surface area contributed by atoms with Crippen LogP contribution in [0.2, 0.25) is 0 Å². The van der Waals surface area contributed by atoms with Crippen molar-refractivity contribution < 1.29 is 29.0 Å². The summed E-state index contributed by atoms with van der Waals surface area (Å²) in [5.74, 6) is -1.97. The maximum absolute atomic E-state index is 11.6. The molecule has 1 aliphatic heterocycles. The van der Waals surface area contributed by atoms with E-state index in [0.717, 1.165) is 6.92 Å². The number of nitrogens with one attached hydrogen (secondary N) is 1. The van der Waals surface area contributed by atoms with Gasteiger partial charge in [-0.15, -0.1) is 5.48 Å². The minimum Gasteiger partial charge on any atom is -0.368 e. The van der Waals surface area contributed by atoms with Gasteiger partial charge in [0.05, 0.1) is 0 Å². The van der Waals surface area contributed by atoms with Gasteiger partial charge in [0.1, 0.15) is 5.54 Å². The number of carbonyl (C=O) groups is 3. The molecule has 0 aliphatic carbocycles. The van der Waals surface area contributed by atoms with Crippen LogP contribution in [0, 0.1) is 0 Å². The lowest BCUT2D eigenvalue weighted by Crippen LogP contribution is -2.58. The number of hydrogen-bond donors (Lipinski definition) is 2. The number of thioether (sulfide) groups is 1. The molecule has 0 aromatic heterocycles. The van der Waals surface area contributed by atoms with Crippen molar-refractivity contribution in [3.63, 3.8) is 0 Å². The molecular weight excluding hydrogens is 264 g/mol. The Morgan fingerprint density at radius 3 is 2.78 bits per heavy atom. The van der Waals surface area contributed by atoms with Gasteiger partial charge in [0.15, 0.2) is 6.04 Å². The smallest absolute Gasteiger partial charge is 0.368 e. The van der Waals surface area contributed by atoms with Crippen LogP contribution in [0.25, 0.3) is 0 Å². The van der Waals surface area contributed by atoms with Crippen molar-refractivity contribution in [3.05, 3.63) is 0 Å². The van der Waals surface area contributed by atoms with Crippen LogP contribution >= 0.6 is 11.8 Å². The topological polar surface area (TPSA) is 117 Å². The zero-order valence-corrected chi connectivity index (χ0v) is 10.7. The highest BCUT2D eigenvalue weighted by Gasteiger charge is 2.54. The van der Waals surface area contributed by atoms with Crippen LogP contribution in [0.1, 0.15) is 13.3 Å². The van der Waals surface area contributed by atoms with E-state index < -0.39 is 29.5 Å². The van der Waals surface area contributed by atoms with E-state index in [1.54, 1.807) is 0 Å². The fraction of sp³-hybridized carbons (Fsp3) is 0.667. The van der Waals surface area contributed by atoms with Gasteiger partial charge in [-0.25, -0.2) is 24.2 Å². The standard InChI is InChI=1S/C9H14N2O6S/c1-5(12)16-17-7(13)6-9(10,3-4-18-2)8(14)15-11-6/h6,11H,3-4,10H2,1-2H3. The molecule has 2 atom stereocenters. The van der Waals surface area contributed by atoms with E-state index in [4.69, 9.17) is 5.73 Å². The van der Waals surface area contributed by atoms with Crippen molar-refractivity contribution in [2.45, 2.75) is 24.9 Å². The SMILES string of the molecule is CSCCC1(N)C(=O)ONC1C(=O)OOC(C)=O. The molecule has 0 saturated carbocycles. The highest BCUT2D eigenvalue weighted by Crippen LogP contribution is 2.23. The zero-order valence-electron chi connectivity index (χ0n) is 9.93. The molecule has 2 unspecified atom stereocenters. The molecule has 18 heavy (non-hydrogen) atoms. The normalized spacial score (nSPS) is 26.6. The molecule has 102 valence electrons. The van der Waals surface area contributed by atoms with E-state index in [0.29, 0.717) is 5.75 Å². The third-order valence-corrected chi connectivity index (χ3v) is 2.97. The second-order valence-corrected chi connectivity index (χ2v) is 4.69. The lowest BCUT2D eigenvalue weighted by molar-refractivity contribution is -0.260. The molecule has 1 fully saturated rings. The monoisotopic (exact) mass is 278 g/mol. The summed E-state index contributed by atoms with van der Waals surface area (Å²) in [7, 11) is 0. The van der Waals surface area contributed by atoms with E-state index in [1.165, 1.54) is 11.8 Å². The third kappa shape index (κ3) is 3.12. The average molecular weight is 278 g/mol. The largest absolute Gasteiger partial charge is 0.378 e. The van der Waals surface area contributed by atoms with Crippen molar-refractivity contribution in [1.29, 1.82) is 0 Å². The van der Waals surface area contributed by atoms with E-state index in [2.05, 4.69) is 20.1 Å². The van der Waals surface area contributed by atoms with Crippen LogP contribution in [0.4, 0.5) is 0 Å². The molecule has 1 heterocycles. The molecule has 0 aromatic carbocycles. The third-order valence-electron chi connectivity index (χ3n) is 2.36. The summed E-state index contributed by atoms with van der Waals surface area (Å²) in [6.45, 7) is 1.07. The summed E-state index contributed by atoms with van der Waals surface area (Å²) in [5.41, 5.74) is 6.50. The average Bonchev–Trinajstić information content (AvgIpc) is 2.61. The Morgan fingerprint density at radius 1 is 1.56 bits per heavy atom. The summed E-state index contributed by atoms with van der Waals surface area (Å²) < 4.78 is 0. The van der Waals surface area contributed by atoms with Gasteiger partial charge in [-0.2, -0.15) is 11.8 Å². The van der Waals surface area contributed by atoms with E-state index in [1.807, 2.05) is 6.26 Å². The van der Waals surface area contributed by atoms with Crippen molar-refractivity contribution >= 4 is 29.7 Å². The van der Waals surface area contributed by atoms with Crippen molar-refractivity contribution in [2.24, 2.45) is 5.73 Å². The van der Waals surface area contributed by atoms with Crippen molar-refractivity contribution in [2.75, 3.05) is 12.0 Å². The summed E-state index contributed by atoms with van der Waals surface area (Å²) in [6.07, 6.45) is 2.06. The maximum atomic E-state index is 11.6. The van der Waals surface area contributed by atoms with Gasteiger partial charge in [0.2, 0.25) is 0 Å². The van der Waals surface area contributed by atoms with Crippen molar-refractivity contribution in [3.8, 4) is 0 Å². The van der Waals surface area contributed by atoms with Gasteiger partial charge >= 0.3 is 17.9 Å². The Labute approximate surface area is 107 Å². The first kappa shape index (κ1) is 14.7. The minimum atomic E-state index is -1.53. The van der Waals surface area contributed by atoms with Gasteiger partial charge < -0.3 is 10.6 Å². The van der Waals surface area contributed by atoms with E-state index in [-0.39, 0.29) is 6.42 Å². The molecule has 3 N–H and O–H groups in total. The van der Waals surface area contributed by atoms with Crippen LogP contribution in [0.5, 0.6) is 0 Å². The highest BCUT2D eigenvalue weighted by molar-refractivity contribution is 7.98. The molecular formula is C9H14N2O6S. The predicted molar refractivity (Wildman–Crippen MR) is 60.8 cm³/mol. The Hall–Kier alpha value is -1.32. The summed E-state index contributed by atoms with van der Waals surface area (Å²) >= 11 is 1.47. The van der Waals surface area contributed by atoms with Gasteiger partial charge in [-0.3, -0.25) is 0 Å². The first-order chi connectivity index (χ1) is 8.41. The summed E-state index contributed by atoms with van der Waals surface area (Å²) in [4.78, 5) is 46.5. The Kier molecular flexibility index (Phi) is 4.93. The fourth-order valence-corrected chi connectivity index (χ4v) is 1.90. The van der Waals surface area contributed by atoms with Gasteiger partial charge in [0, 0.05) is 6.92 Å². The molecule has 0 radical (unpaired) electrons. The second kappa shape index (κ2) is 6.03. The number of hydroxylamine groups is 1. The van der Waals surface area contributed by atoms with E-state index >= 15 is 0 Å². The minimum absolute atomic E-state index is 0.222. The number of nitrogens with two attached hydrogens (primary N) is 1. The lowest BCUT2D eigenvalue weighted by Gasteiger charge is -2.22. The van der Waals surface area contributed by atoms with Crippen LogP contribution < -0.4 is 11.2 Å². The van der Waals surface area contributed by atoms with E-state index in [9.17, 15) is 14.4 Å². The molecule has 0 bridgehead atoms. The fourth-order valence-electron chi connectivity index (χ4n) is 1.35. The molecule has 0 spiro atoms. The molecule has 1 saturated heterocycles. The Balaban J connectivity index is 2.70. The Morgan fingerprint density at radius 2 is 2.22 bits per heavy atom. The lowest BCUT2D eigenvalue weighted by atomic mass is 9.90. The van der Waals surface area contributed by atoms with Crippen LogP contribution in [-0.2, 0) is 29.0 Å².